The Labute approximate surface area is 71.9 Å². The summed E-state index contributed by atoms with van der Waals surface area (Å²) in [5.74, 6) is 1.38. The van der Waals surface area contributed by atoms with Crippen molar-refractivity contribution in [3.05, 3.63) is 0 Å². The van der Waals surface area contributed by atoms with Crippen LogP contribution in [0.4, 0.5) is 0 Å². The van der Waals surface area contributed by atoms with Gasteiger partial charge in [0.25, 0.3) is 0 Å². The van der Waals surface area contributed by atoms with Crippen LogP contribution in [0.5, 0.6) is 0 Å². The van der Waals surface area contributed by atoms with Crippen LogP contribution in [0.3, 0.4) is 0 Å². The fraction of sp³-hybridized carbons (Fsp3) is 1.00. The van der Waals surface area contributed by atoms with Crippen LogP contribution in [0.25, 0.3) is 0 Å². The van der Waals surface area contributed by atoms with Crippen molar-refractivity contribution in [2.75, 3.05) is 5.75 Å². The second kappa shape index (κ2) is 5.36. The Morgan fingerprint density at radius 1 is 1.50 bits per heavy atom. The summed E-state index contributed by atoms with van der Waals surface area (Å²) < 4.78 is 0. The van der Waals surface area contributed by atoms with Crippen molar-refractivity contribution in [2.24, 2.45) is 0 Å². The van der Waals surface area contributed by atoms with Gasteiger partial charge in [0.2, 0.25) is 0 Å². The van der Waals surface area contributed by atoms with Gasteiger partial charge in [-0.1, -0.05) is 41.4 Å². The molecule has 10 heavy (non-hydrogen) atoms. The van der Waals surface area contributed by atoms with E-state index < -0.39 is 0 Å². The van der Waals surface area contributed by atoms with Gasteiger partial charge in [-0.25, -0.2) is 0 Å². The molecule has 1 atom stereocenters. The number of rotatable bonds is 3. The zero-order valence-corrected chi connectivity index (χ0v) is 8.27. The highest BCUT2D eigenvalue weighted by Crippen LogP contribution is 2.37. The normalized spacial score (nSPS) is 26.7. The molecule has 0 amide bonds. The molecule has 1 saturated heterocycles. The van der Waals surface area contributed by atoms with Crippen molar-refractivity contribution in [2.45, 2.75) is 44.3 Å². The molecular formula is C8H16S2. The number of hydrogen-bond donors (Lipinski definition) is 0. The summed E-state index contributed by atoms with van der Waals surface area (Å²) in [5.41, 5.74) is 0. The van der Waals surface area contributed by atoms with E-state index in [2.05, 4.69) is 28.5 Å². The fourth-order valence-electron chi connectivity index (χ4n) is 1.19. The van der Waals surface area contributed by atoms with Crippen LogP contribution < -0.4 is 0 Å². The van der Waals surface area contributed by atoms with Gasteiger partial charge >= 0.3 is 0 Å². The van der Waals surface area contributed by atoms with Gasteiger partial charge in [0, 0.05) is 11.0 Å². The Balaban J connectivity index is 2.02. The van der Waals surface area contributed by atoms with Crippen molar-refractivity contribution < 1.29 is 0 Å². The highest BCUT2D eigenvalue weighted by molar-refractivity contribution is 8.77. The number of unbranched alkanes of at least 4 members (excludes halogenated alkanes) is 1. The third-order valence-corrected chi connectivity index (χ3v) is 4.90. The van der Waals surface area contributed by atoms with E-state index in [1.165, 1.54) is 37.9 Å². The molecule has 1 fully saturated rings. The van der Waals surface area contributed by atoms with Crippen LogP contribution in [0.15, 0.2) is 0 Å². The van der Waals surface area contributed by atoms with Crippen molar-refractivity contribution in [3.63, 3.8) is 0 Å². The Hall–Kier alpha value is 0.700. The maximum absolute atomic E-state index is 2.28. The van der Waals surface area contributed by atoms with E-state index in [0.717, 1.165) is 5.25 Å². The lowest BCUT2D eigenvalue weighted by Gasteiger charge is -2.19. The maximum Gasteiger partial charge on any atom is 0.0151 e. The molecule has 0 aromatic rings. The highest BCUT2D eigenvalue weighted by atomic mass is 33.1. The molecule has 0 spiro atoms. The summed E-state index contributed by atoms with van der Waals surface area (Å²) in [5, 5.41) is 0.985. The average molecular weight is 176 g/mol. The Morgan fingerprint density at radius 2 is 2.40 bits per heavy atom. The molecule has 0 aliphatic carbocycles. The third kappa shape index (κ3) is 3.20. The fourth-order valence-corrected chi connectivity index (χ4v) is 4.08. The minimum absolute atomic E-state index is 0.985. The zero-order chi connectivity index (χ0) is 7.23. The number of hydrogen-bond acceptors (Lipinski definition) is 2. The second-order valence-corrected chi connectivity index (χ2v) is 5.61. The lowest BCUT2D eigenvalue weighted by atomic mass is 10.1. The van der Waals surface area contributed by atoms with Gasteiger partial charge in [0.1, 0.15) is 0 Å². The molecule has 0 N–H and O–H groups in total. The van der Waals surface area contributed by atoms with Crippen LogP contribution in [0, 0.1) is 0 Å². The van der Waals surface area contributed by atoms with E-state index in [0.29, 0.717) is 0 Å². The van der Waals surface area contributed by atoms with Crippen LogP contribution in [0.2, 0.25) is 0 Å². The van der Waals surface area contributed by atoms with E-state index in [9.17, 15) is 0 Å². The van der Waals surface area contributed by atoms with Crippen molar-refractivity contribution in [3.8, 4) is 0 Å². The van der Waals surface area contributed by atoms with Gasteiger partial charge in [-0.05, 0) is 19.3 Å². The molecule has 0 saturated carbocycles. The quantitative estimate of drug-likeness (QED) is 0.601. The molecule has 1 unspecified atom stereocenters. The van der Waals surface area contributed by atoms with Crippen molar-refractivity contribution >= 4 is 21.6 Å². The molecular weight excluding hydrogens is 160 g/mol. The highest BCUT2D eigenvalue weighted by Gasteiger charge is 2.12. The van der Waals surface area contributed by atoms with Crippen LogP contribution in [-0.4, -0.2) is 11.0 Å². The molecule has 60 valence electrons. The van der Waals surface area contributed by atoms with Gasteiger partial charge in [-0.2, -0.15) is 0 Å². The molecule has 0 aromatic heterocycles. The van der Waals surface area contributed by atoms with E-state index >= 15 is 0 Å². The molecule has 0 bridgehead atoms. The zero-order valence-electron chi connectivity index (χ0n) is 6.64. The molecule has 1 heterocycles. The summed E-state index contributed by atoms with van der Waals surface area (Å²) in [6.45, 7) is 2.28. The molecule has 1 aliphatic rings. The average Bonchev–Trinajstić information content (AvgIpc) is 2.03. The van der Waals surface area contributed by atoms with E-state index in [1.807, 2.05) is 0 Å². The molecule has 0 radical (unpaired) electrons. The summed E-state index contributed by atoms with van der Waals surface area (Å²) in [6.07, 6.45) is 7.16. The monoisotopic (exact) mass is 176 g/mol. The lowest BCUT2D eigenvalue weighted by molar-refractivity contribution is 0.641. The van der Waals surface area contributed by atoms with Gasteiger partial charge in [-0.15, -0.1) is 0 Å². The van der Waals surface area contributed by atoms with E-state index in [4.69, 9.17) is 0 Å². The van der Waals surface area contributed by atoms with E-state index in [-0.39, 0.29) is 0 Å². The van der Waals surface area contributed by atoms with Crippen LogP contribution in [0.1, 0.15) is 39.0 Å². The first kappa shape index (κ1) is 8.79. The third-order valence-electron chi connectivity index (χ3n) is 1.84. The van der Waals surface area contributed by atoms with Gasteiger partial charge < -0.3 is 0 Å². The second-order valence-electron chi connectivity index (χ2n) is 2.82. The van der Waals surface area contributed by atoms with Gasteiger partial charge in [-0.3, -0.25) is 0 Å². The Kier molecular flexibility index (Phi) is 4.72. The van der Waals surface area contributed by atoms with E-state index in [1.54, 1.807) is 0 Å². The largest absolute Gasteiger partial charge is 0.0939 e. The Morgan fingerprint density at radius 3 is 3.00 bits per heavy atom. The topological polar surface area (TPSA) is 0 Å². The summed E-state index contributed by atoms with van der Waals surface area (Å²) >= 11 is 0. The van der Waals surface area contributed by atoms with Crippen LogP contribution in [-0.2, 0) is 0 Å². The van der Waals surface area contributed by atoms with Gasteiger partial charge in [0.15, 0.2) is 0 Å². The molecule has 0 nitrogen and oxygen atoms in total. The predicted octanol–water partition coefficient (Wildman–Crippen LogP) is 3.72. The minimum Gasteiger partial charge on any atom is -0.0939 e. The molecule has 1 aliphatic heterocycles. The smallest absolute Gasteiger partial charge is 0.0151 e. The Bertz CT molecular complexity index is 77.3. The standard InChI is InChI=1S/C8H16S2/c1-2-3-5-8-6-4-7-9-10-8/h8H,2-7H2,1H3. The SMILES string of the molecule is CCCCC1CCCSS1. The van der Waals surface area contributed by atoms with Crippen molar-refractivity contribution in [1.29, 1.82) is 0 Å². The van der Waals surface area contributed by atoms with Gasteiger partial charge in [0.05, 0.1) is 0 Å². The molecule has 2 heteroatoms. The van der Waals surface area contributed by atoms with Crippen molar-refractivity contribution in [1.82, 2.24) is 0 Å². The molecule has 1 rings (SSSR count). The summed E-state index contributed by atoms with van der Waals surface area (Å²) in [6, 6.07) is 0. The predicted molar refractivity (Wildman–Crippen MR) is 52.6 cm³/mol. The maximum atomic E-state index is 2.28. The summed E-state index contributed by atoms with van der Waals surface area (Å²) in [4.78, 5) is 0. The summed E-state index contributed by atoms with van der Waals surface area (Å²) in [7, 11) is 4.19. The van der Waals surface area contributed by atoms with Crippen LogP contribution >= 0.6 is 21.6 Å². The lowest BCUT2D eigenvalue weighted by Crippen LogP contribution is -2.05. The minimum atomic E-state index is 0.985. The first-order chi connectivity index (χ1) is 4.93. The first-order valence-corrected chi connectivity index (χ1v) is 6.60. The molecule has 0 aromatic carbocycles. The first-order valence-electron chi connectivity index (χ1n) is 4.21.